The number of benzene rings is 1. The van der Waals surface area contributed by atoms with Crippen molar-refractivity contribution < 1.29 is 14.7 Å². The SMILES string of the molecule is O=C(O)CCNCCC(=O)Nc1cccc(Cl)c1. The number of nitrogens with one attached hydrogen (secondary N) is 2. The maximum Gasteiger partial charge on any atom is 0.304 e. The van der Waals surface area contributed by atoms with Gasteiger partial charge in [0.15, 0.2) is 0 Å². The van der Waals surface area contributed by atoms with Crippen LogP contribution in [0, 0.1) is 0 Å². The van der Waals surface area contributed by atoms with Gasteiger partial charge in [0.2, 0.25) is 5.91 Å². The Kier molecular flexibility index (Phi) is 6.18. The highest BCUT2D eigenvalue weighted by Crippen LogP contribution is 2.14. The predicted octanol–water partition coefficient (Wildman–Crippen LogP) is 1.73. The van der Waals surface area contributed by atoms with E-state index in [0.717, 1.165) is 0 Å². The zero-order valence-corrected chi connectivity index (χ0v) is 10.5. The number of hydrogen-bond donors (Lipinski definition) is 3. The predicted molar refractivity (Wildman–Crippen MR) is 69.8 cm³/mol. The summed E-state index contributed by atoms with van der Waals surface area (Å²) in [6.07, 6.45) is 0.335. The van der Waals surface area contributed by atoms with Crippen molar-refractivity contribution in [3.05, 3.63) is 29.3 Å². The van der Waals surface area contributed by atoms with Crippen LogP contribution >= 0.6 is 11.6 Å². The first kappa shape index (κ1) is 14.5. The van der Waals surface area contributed by atoms with E-state index in [1.54, 1.807) is 24.3 Å². The Morgan fingerprint density at radius 1 is 1.22 bits per heavy atom. The summed E-state index contributed by atoms with van der Waals surface area (Å²) in [6.45, 7) is 0.805. The molecule has 0 aliphatic rings. The molecule has 0 aliphatic carbocycles. The highest BCUT2D eigenvalue weighted by molar-refractivity contribution is 6.30. The summed E-state index contributed by atoms with van der Waals surface area (Å²) in [4.78, 5) is 21.7. The average Bonchev–Trinajstić information content (AvgIpc) is 2.28. The Hall–Kier alpha value is -1.59. The summed E-state index contributed by atoms with van der Waals surface area (Å²) in [7, 11) is 0. The van der Waals surface area contributed by atoms with Crippen LogP contribution in [0.2, 0.25) is 5.02 Å². The summed E-state index contributed by atoms with van der Waals surface area (Å²) in [5.74, 6) is -0.994. The highest BCUT2D eigenvalue weighted by atomic mass is 35.5. The zero-order chi connectivity index (χ0) is 13.4. The molecule has 0 saturated heterocycles. The van der Waals surface area contributed by atoms with E-state index in [0.29, 0.717) is 23.8 Å². The monoisotopic (exact) mass is 270 g/mol. The van der Waals surface area contributed by atoms with Crippen LogP contribution in [-0.2, 0) is 9.59 Å². The number of rotatable bonds is 7. The number of halogens is 1. The third-order valence-corrected chi connectivity index (χ3v) is 2.39. The lowest BCUT2D eigenvalue weighted by molar-refractivity contribution is -0.136. The molecule has 0 fully saturated rings. The lowest BCUT2D eigenvalue weighted by atomic mass is 10.3. The first-order valence-corrected chi connectivity index (χ1v) is 5.93. The molecule has 3 N–H and O–H groups in total. The van der Waals surface area contributed by atoms with Crippen LogP contribution in [0.15, 0.2) is 24.3 Å². The fourth-order valence-corrected chi connectivity index (χ4v) is 1.50. The minimum atomic E-state index is -0.856. The molecule has 1 aromatic carbocycles. The minimum absolute atomic E-state index is 0.0515. The topological polar surface area (TPSA) is 78.4 Å². The van der Waals surface area contributed by atoms with Crippen LogP contribution in [0.3, 0.4) is 0 Å². The summed E-state index contributed by atoms with van der Waals surface area (Å²) < 4.78 is 0. The Bertz CT molecular complexity index is 424. The Balaban J connectivity index is 2.20. The number of carboxylic acid groups (broad SMARTS) is 1. The van der Waals surface area contributed by atoms with Crippen molar-refractivity contribution in [1.82, 2.24) is 5.32 Å². The molecule has 0 aromatic heterocycles. The van der Waals surface area contributed by atoms with Crippen LogP contribution in [0.4, 0.5) is 5.69 Å². The maximum atomic E-state index is 11.5. The quantitative estimate of drug-likeness (QED) is 0.660. The third-order valence-electron chi connectivity index (χ3n) is 2.15. The first-order chi connectivity index (χ1) is 8.58. The van der Waals surface area contributed by atoms with E-state index in [4.69, 9.17) is 16.7 Å². The van der Waals surface area contributed by atoms with Gasteiger partial charge in [0.1, 0.15) is 0 Å². The van der Waals surface area contributed by atoms with Gasteiger partial charge in [-0.15, -0.1) is 0 Å². The number of aliphatic carboxylic acids is 1. The second-order valence-electron chi connectivity index (χ2n) is 3.70. The molecule has 98 valence electrons. The molecule has 1 amide bonds. The maximum absolute atomic E-state index is 11.5. The molecule has 0 bridgehead atoms. The number of carbonyl (C=O) groups excluding carboxylic acids is 1. The van der Waals surface area contributed by atoms with Crippen molar-refractivity contribution in [3.63, 3.8) is 0 Å². The minimum Gasteiger partial charge on any atom is -0.481 e. The third kappa shape index (κ3) is 6.22. The fourth-order valence-electron chi connectivity index (χ4n) is 1.31. The standard InChI is InChI=1S/C12H15ClN2O3/c13-9-2-1-3-10(8-9)15-11(16)4-6-14-7-5-12(17)18/h1-3,8,14H,4-7H2,(H,15,16)(H,17,18). The Morgan fingerprint density at radius 3 is 2.61 bits per heavy atom. The van der Waals surface area contributed by atoms with Gasteiger partial charge in [0.25, 0.3) is 0 Å². The van der Waals surface area contributed by atoms with Crippen LogP contribution < -0.4 is 10.6 Å². The van der Waals surface area contributed by atoms with Crippen molar-refractivity contribution in [1.29, 1.82) is 0 Å². The molecule has 1 aromatic rings. The van der Waals surface area contributed by atoms with Gasteiger partial charge in [-0.3, -0.25) is 9.59 Å². The first-order valence-electron chi connectivity index (χ1n) is 5.56. The molecule has 0 unspecified atom stereocenters. The zero-order valence-electron chi connectivity index (χ0n) is 9.78. The van der Waals surface area contributed by atoms with Gasteiger partial charge in [-0.1, -0.05) is 17.7 Å². The largest absolute Gasteiger partial charge is 0.481 e. The molecular formula is C12H15ClN2O3. The van der Waals surface area contributed by atoms with E-state index in [1.165, 1.54) is 0 Å². The average molecular weight is 271 g/mol. The van der Waals surface area contributed by atoms with E-state index in [9.17, 15) is 9.59 Å². The Morgan fingerprint density at radius 2 is 1.94 bits per heavy atom. The number of carbonyl (C=O) groups is 2. The van der Waals surface area contributed by atoms with E-state index < -0.39 is 5.97 Å². The molecule has 0 atom stereocenters. The van der Waals surface area contributed by atoms with Crippen molar-refractivity contribution in [2.75, 3.05) is 18.4 Å². The van der Waals surface area contributed by atoms with E-state index in [-0.39, 0.29) is 18.7 Å². The van der Waals surface area contributed by atoms with Gasteiger partial charge in [-0.25, -0.2) is 0 Å². The summed E-state index contributed by atoms with van der Waals surface area (Å²) >= 11 is 5.78. The number of carboxylic acids is 1. The Labute approximate surface area is 110 Å². The van der Waals surface area contributed by atoms with Crippen molar-refractivity contribution >= 4 is 29.2 Å². The van der Waals surface area contributed by atoms with Crippen LogP contribution in [0.5, 0.6) is 0 Å². The molecule has 0 saturated carbocycles. The molecule has 5 nitrogen and oxygen atoms in total. The second-order valence-corrected chi connectivity index (χ2v) is 4.14. The molecular weight excluding hydrogens is 256 g/mol. The molecule has 0 aliphatic heterocycles. The van der Waals surface area contributed by atoms with Gasteiger partial charge >= 0.3 is 5.97 Å². The molecule has 0 radical (unpaired) electrons. The van der Waals surface area contributed by atoms with Crippen LogP contribution in [0.1, 0.15) is 12.8 Å². The van der Waals surface area contributed by atoms with Gasteiger partial charge in [0.05, 0.1) is 6.42 Å². The lowest BCUT2D eigenvalue weighted by Gasteiger charge is -2.06. The summed E-state index contributed by atoms with van der Waals surface area (Å²) in [5, 5.41) is 14.6. The van der Waals surface area contributed by atoms with Crippen molar-refractivity contribution in [2.24, 2.45) is 0 Å². The smallest absolute Gasteiger partial charge is 0.304 e. The van der Waals surface area contributed by atoms with Crippen LogP contribution in [0.25, 0.3) is 0 Å². The van der Waals surface area contributed by atoms with Gasteiger partial charge in [-0.2, -0.15) is 0 Å². The van der Waals surface area contributed by atoms with Crippen molar-refractivity contribution in [2.45, 2.75) is 12.8 Å². The summed E-state index contributed by atoms with van der Waals surface area (Å²) in [6, 6.07) is 6.90. The van der Waals surface area contributed by atoms with Crippen molar-refractivity contribution in [3.8, 4) is 0 Å². The number of amides is 1. The lowest BCUT2D eigenvalue weighted by Crippen LogP contribution is -2.23. The van der Waals surface area contributed by atoms with Gasteiger partial charge in [0, 0.05) is 30.2 Å². The molecule has 0 spiro atoms. The van der Waals surface area contributed by atoms with E-state index >= 15 is 0 Å². The van der Waals surface area contributed by atoms with Gasteiger partial charge in [-0.05, 0) is 18.2 Å². The molecule has 0 heterocycles. The normalized spacial score (nSPS) is 10.1. The molecule has 18 heavy (non-hydrogen) atoms. The van der Waals surface area contributed by atoms with Gasteiger partial charge < -0.3 is 15.7 Å². The summed E-state index contributed by atoms with van der Waals surface area (Å²) in [5.41, 5.74) is 0.651. The molecule has 6 heteroatoms. The second kappa shape index (κ2) is 7.68. The number of hydrogen-bond acceptors (Lipinski definition) is 3. The molecule has 1 rings (SSSR count). The van der Waals surface area contributed by atoms with E-state index in [1.807, 2.05) is 0 Å². The van der Waals surface area contributed by atoms with Crippen LogP contribution in [-0.4, -0.2) is 30.1 Å². The number of anilines is 1. The highest BCUT2D eigenvalue weighted by Gasteiger charge is 2.02. The fraction of sp³-hybridized carbons (Fsp3) is 0.333. The van der Waals surface area contributed by atoms with E-state index in [2.05, 4.69) is 10.6 Å².